The van der Waals surface area contributed by atoms with Gasteiger partial charge in [0.2, 0.25) is 0 Å². The predicted molar refractivity (Wildman–Crippen MR) is 66.1 cm³/mol. The van der Waals surface area contributed by atoms with Crippen molar-refractivity contribution in [2.45, 2.75) is 51.5 Å². The summed E-state index contributed by atoms with van der Waals surface area (Å²) in [4.78, 5) is 0. The lowest BCUT2D eigenvalue weighted by Crippen LogP contribution is -2.35. The van der Waals surface area contributed by atoms with Gasteiger partial charge in [-0.25, -0.2) is 0 Å². The average Bonchev–Trinajstić information content (AvgIpc) is 2.02. The topological polar surface area (TPSA) is 21.3 Å². The van der Waals surface area contributed by atoms with E-state index in [0.717, 1.165) is 12.4 Å². The lowest BCUT2D eigenvalue weighted by atomic mass is 10.3. The molecule has 0 saturated carbocycles. The Hall–Kier alpha value is 0.270. The van der Waals surface area contributed by atoms with E-state index >= 15 is 0 Å². The maximum Gasteiger partial charge on any atom is 0.0631 e. The van der Waals surface area contributed by atoms with Gasteiger partial charge in [0.25, 0.3) is 0 Å². The van der Waals surface area contributed by atoms with Crippen molar-refractivity contribution in [1.29, 1.82) is 0 Å². The van der Waals surface area contributed by atoms with Gasteiger partial charge in [-0.15, -0.1) is 0 Å². The molecule has 0 saturated heterocycles. The van der Waals surface area contributed by atoms with E-state index in [9.17, 15) is 0 Å². The normalized spacial score (nSPS) is 14.8. The Morgan fingerprint density at radius 2 is 1.86 bits per heavy atom. The molecular weight excluding hydrogens is 194 g/mol. The minimum atomic E-state index is 0.325. The highest BCUT2D eigenvalue weighted by Gasteiger charge is 2.14. The zero-order chi connectivity index (χ0) is 11.2. The van der Waals surface area contributed by atoms with Gasteiger partial charge in [-0.05, 0) is 20.9 Å². The maximum atomic E-state index is 5.58. The van der Waals surface area contributed by atoms with Gasteiger partial charge in [0.05, 0.1) is 12.7 Å². The molecule has 86 valence electrons. The van der Waals surface area contributed by atoms with Crippen molar-refractivity contribution < 1.29 is 4.74 Å². The highest BCUT2D eigenvalue weighted by Crippen LogP contribution is 2.23. The summed E-state index contributed by atoms with van der Waals surface area (Å²) >= 11 is 1.98. The van der Waals surface area contributed by atoms with E-state index in [2.05, 4.69) is 39.9 Å². The van der Waals surface area contributed by atoms with E-state index in [1.165, 1.54) is 0 Å². The van der Waals surface area contributed by atoms with Gasteiger partial charge in [-0.2, -0.15) is 11.8 Å². The number of nitrogens with one attached hydrogen (secondary N) is 1. The zero-order valence-electron chi connectivity index (χ0n) is 10.4. The number of thioether (sulfide) groups is 1. The molecule has 0 rings (SSSR count). The molecule has 0 aliphatic heterocycles. The molecule has 0 aromatic carbocycles. The van der Waals surface area contributed by atoms with Gasteiger partial charge in [0.15, 0.2) is 0 Å². The molecule has 0 aromatic rings. The number of rotatable bonds is 6. The van der Waals surface area contributed by atoms with Crippen molar-refractivity contribution in [3.05, 3.63) is 0 Å². The second kappa shape index (κ2) is 6.70. The van der Waals surface area contributed by atoms with Gasteiger partial charge in [-0.1, -0.05) is 20.8 Å². The third-order valence-corrected chi connectivity index (χ3v) is 3.19. The highest BCUT2D eigenvalue weighted by molar-refractivity contribution is 8.00. The van der Waals surface area contributed by atoms with Crippen LogP contribution in [0.4, 0.5) is 0 Å². The average molecular weight is 219 g/mol. The van der Waals surface area contributed by atoms with Crippen LogP contribution in [-0.2, 0) is 4.74 Å². The molecule has 2 nitrogen and oxygen atoms in total. The van der Waals surface area contributed by atoms with Gasteiger partial charge in [0.1, 0.15) is 0 Å². The van der Waals surface area contributed by atoms with Crippen molar-refractivity contribution in [2.75, 3.05) is 19.4 Å². The third-order valence-electron chi connectivity index (χ3n) is 1.76. The van der Waals surface area contributed by atoms with Crippen LogP contribution in [0.3, 0.4) is 0 Å². The Balaban J connectivity index is 3.69. The molecule has 0 radical (unpaired) electrons. The van der Waals surface area contributed by atoms with Crippen LogP contribution in [-0.4, -0.2) is 36.3 Å². The Morgan fingerprint density at radius 3 is 2.21 bits per heavy atom. The van der Waals surface area contributed by atoms with Crippen molar-refractivity contribution in [2.24, 2.45) is 0 Å². The maximum absolute atomic E-state index is 5.58. The molecule has 0 fully saturated rings. The molecule has 3 heteroatoms. The Labute approximate surface area is 93.2 Å². The molecule has 0 aliphatic carbocycles. The molecule has 0 bridgehead atoms. The fraction of sp³-hybridized carbons (Fsp3) is 1.00. The molecule has 0 heterocycles. The second-order valence-corrected chi connectivity index (χ2v) is 6.64. The van der Waals surface area contributed by atoms with E-state index < -0.39 is 0 Å². The molecule has 1 unspecified atom stereocenters. The first-order valence-electron chi connectivity index (χ1n) is 5.28. The second-order valence-electron chi connectivity index (χ2n) is 4.79. The van der Waals surface area contributed by atoms with E-state index in [-0.39, 0.29) is 0 Å². The summed E-state index contributed by atoms with van der Waals surface area (Å²) < 4.78 is 5.92. The molecule has 14 heavy (non-hydrogen) atoms. The van der Waals surface area contributed by atoms with Crippen LogP contribution in [0.1, 0.15) is 34.6 Å². The first-order chi connectivity index (χ1) is 6.35. The summed E-state index contributed by atoms with van der Waals surface area (Å²) in [6.45, 7) is 11.7. The summed E-state index contributed by atoms with van der Waals surface area (Å²) in [5.74, 6) is 1.10. The van der Waals surface area contributed by atoms with Crippen LogP contribution in [0, 0.1) is 0 Å². The van der Waals surface area contributed by atoms with Gasteiger partial charge in [0, 0.05) is 16.5 Å². The first-order valence-corrected chi connectivity index (χ1v) is 6.26. The summed E-state index contributed by atoms with van der Waals surface area (Å²) in [6, 6.07) is 0.460. The molecule has 0 aliphatic rings. The summed E-state index contributed by atoms with van der Waals surface area (Å²) in [7, 11) is 2.00. The van der Waals surface area contributed by atoms with Gasteiger partial charge < -0.3 is 10.1 Å². The third kappa shape index (κ3) is 8.85. The van der Waals surface area contributed by atoms with E-state index in [1.807, 2.05) is 18.8 Å². The predicted octanol–water partition coefficient (Wildman–Crippen LogP) is 2.53. The molecule has 1 atom stereocenters. The van der Waals surface area contributed by atoms with E-state index in [4.69, 9.17) is 4.74 Å². The Kier molecular flexibility index (Phi) is 6.83. The number of ether oxygens (including phenoxy) is 1. The largest absolute Gasteiger partial charge is 0.377 e. The molecular formula is C11H25NOS. The summed E-state index contributed by atoms with van der Waals surface area (Å²) in [6.07, 6.45) is 0.325. The first kappa shape index (κ1) is 14.3. The lowest BCUT2D eigenvalue weighted by Gasteiger charge is -2.23. The Morgan fingerprint density at radius 1 is 1.29 bits per heavy atom. The lowest BCUT2D eigenvalue weighted by molar-refractivity contribution is 0.0668. The van der Waals surface area contributed by atoms with Crippen LogP contribution in [0.25, 0.3) is 0 Å². The number of hydrogen-bond donors (Lipinski definition) is 1. The Bertz CT molecular complexity index is 143. The fourth-order valence-electron chi connectivity index (χ4n) is 0.874. The minimum Gasteiger partial charge on any atom is -0.377 e. The minimum absolute atomic E-state index is 0.325. The smallest absolute Gasteiger partial charge is 0.0631 e. The number of likely N-dealkylation sites (N-methyl/N-ethyl adjacent to an activating group) is 1. The highest BCUT2D eigenvalue weighted by atomic mass is 32.2. The van der Waals surface area contributed by atoms with Crippen LogP contribution >= 0.6 is 11.8 Å². The fourth-order valence-corrected chi connectivity index (χ4v) is 1.84. The van der Waals surface area contributed by atoms with Crippen molar-refractivity contribution in [3.8, 4) is 0 Å². The standard InChI is InChI=1S/C11H25NOS/c1-9(2)13-7-10(12-6)8-14-11(3,4)5/h9-10,12H,7-8H2,1-6H3. The van der Waals surface area contributed by atoms with Crippen molar-refractivity contribution in [3.63, 3.8) is 0 Å². The summed E-state index contributed by atoms with van der Waals surface area (Å²) in [5.41, 5.74) is 0. The monoisotopic (exact) mass is 219 g/mol. The quantitative estimate of drug-likeness (QED) is 0.742. The van der Waals surface area contributed by atoms with Crippen LogP contribution < -0.4 is 5.32 Å². The van der Waals surface area contributed by atoms with Crippen LogP contribution in [0.2, 0.25) is 0 Å². The van der Waals surface area contributed by atoms with E-state index in [1.54, 1.807) is 0 Å². The van der Waals surface area contributed by atoms with E-state index in [0.29, 0.717) is 16.9 Å². The molecule has 1 N–H and O–H groups in total. The van der Waals surface area contributed by atoms with Crippen LogP contribution in [0.15, 0.2) is 0 Å². The molecule has 0 spiro atoms. The van der Waals surface area contributed by atoms with Crippen molar-refractivity contribution in [1.82, 2.24) is 5.32 Å². The number of hydrogen-bond acceptors (Lipinski definition) is 3. The van der Waals surface area contributed by atoms with Gasteiger partial charge in [-0.3, -0.25) is 0 Å². The zero-order valence-corrected chi connectivity index (χ0v) is 11.2. The SMILES string of the molecule is CNC(COC(C)C)CSC(C)(C)C. The van der Waals surface area contributed by atoms with Crippen LogP contribution in [0.5, 0.6) is 0 Å². The molecule has 0 amide bonds. The van der Waals surface area contributed by atoms with Crippen molar-refractivity contribution >= 4 is 11.8 Å². The summed E-state index contributed by atoms with van der Waals surface area (Å²) in [5, 5.41) is 3.28. The molecule has 0 aromatic heterocycles. The van der Waals surface area contributed by atoms with Gasteiger partial charge >= 0.3 is 0 Å².